The molecule has 1 aliphatic rings. The third-order valence-corrected chi connectivity index (χ3v) is 6.33. The Balaban J connectivity index is 1.73. The molecule has 2 rings (SSSR count). The summed E-state index contributed by atoms with van der Waals surface area (Å²) >= 11 is 1.44. The van der Waals surface area contributed by atoms with Gasteiger partial charge in [0.25, 0.3) is 0 Å². The molecule has 1 atom stereocenters. The maximum absolute atomic E-state index is 12.3. The summed E-state index contributed by atoms with van der Waals surface area (Å²) in [6.45, 7) is 1.93. The minimum Gasteiger partial charge on any atom is -0.378 e. The summed E-state index contributed by atoms with van der Waals surface area (Å²) in [7, 11) is -4.52. The van der Waals surface area contributed by atoms with Gasteiger partial charge in [-0.05, 0) is 44.7 Å². The van der Waals surface area contributed by atoms with Gasteiger partial charge in [0.1, 0.15) is 0 Å². The van der Waals surface area contributed by atoms with Gasteiger partial charge >= 0.3 is 7.82 Å². The molecule has 0 amide bonds. The van der Waals surface area contributed by atoms with E-state index in [0.29, 0.717) is 36.9 Å². The van der Waals surface area contributed by atoms with E-state index in [1.54, 1.807) is 6.92 Å². The molecule has 0 bridgehead atoms. The van der Waals surface area contributed by atoms with Gasteiger partial charge in [0, 0.05) is 16.8 Å². The first kappa shape index (κ1) is 22.7. The van der Waals surface area contributed by atoms with Crippen LogP contribution in [0.15, 0.2) is 12.1 Å². The van der Waals surface area contributed by atoms with Gasteiger partial charge in [-0.3, -0.25) is 9.32 Å². The fourth-order valence-corrected chi connectivity index (χ4v) is 4.49. The molecule has 0 aromatic carbocycles. The summed E-state index contributed by atoms with van der Waals surface area (Å²) in [5, 5.41) is 0. The van der Waals surface area contributed by atoms with Crippen molar-refractivity contribution in [3.63, 3.8) is 0 Å². The molecule has 1 aromatic heterocycles. The Bertz CT molecular complexity index is 650. The highest BCUT2D eigenvalue weighted by molar-refractivity contribution is 7.46. The Morgan fingerprint density at radius 2 is 2.04 bits per heavy atom. The van der Waals surface area contributed by atoms with E-state index >= 15 is 0 Å². The molecule has 27 heavy (non-hydrogen) atoms. The van der Waals surface area contributed by atoms with Gasteiger partial charge in [0.15, 0.2) is 5.78 Å². The van der Waals surface area contributed by atoms with Crippen LogP contribution in [0.25, 0.3) is 0 Å². The smallest absolute Gasteiger partial charge is 0.378 e. The number of hydrogen-bond donors (Lipinski definition) is 3. The number of thiophene rings is 1. The average molecular weight is 419 g/mol. The average Bonchev–Trinajstić information content (AvgIpc) is 3.08. The first-order valence-corrected chi connectivity index (χ1v) is 11.7. The van der Waals surface area contributed by atoms with Crippen LogP contribution in [-0.4, -0.2) is 40.4 Å². The van der Waals surface area contributed by atoms with Crippen molar-refractivity contribution in [2.24, 2.45) is 5.73 Å². The maximum Gasteiger partial charge on any atom is 0.469 e. The largest absolute Gasteiger partial charge is 0.469 e. The van der Waals surface area contributed by atoms with Crippen LogP contribution in [0.4, 0.5) is 0 Å². The van der Waals surface area contributed by atoms with E-state index in [1.165, 1.54) is 30.6 Å². The zero-order valence-electron chi connectivity index (χ0n) is 15.8. The molecule has 154 valence electrons. The number of phosphoric acid groups is 1. The first-order chi connectivity index (χ1) is 12.6. The molecule has 1 heterocycles. The lowest BCUT2D eigenvalue weighted by Gasteiger charge is -2.24. The number of Topliss-reactive ketones (excluding diaryl/α,β-unsaturated/α-hetero) is 1. The van der Waals surface area contributed by atoms with E-state index in [4.69, 9.17) is 20.3 Å². The minimum atomic E-state index is -4.52. The molecule has 9 heteroatoms. The Morgan fingerprint density at radius 1 is 1.33 bits per heavy atom. The van der Waals surface area contributed by atoms with E-state index in [1.807, 2.05) is 12.1 Å². The van der Waals surface area contributed by atoms with Crippen LogP contribution >= 0.6 is 19.2 Å². The van der Waals surface area contributed by atoms with E-state index in [-0.39, 0.29) is 12.4 Å². The van der Waals surface area contributed by atoms with Crippen LogP contribution in [0.3, 0.4) is 0 Å². The number of carbonyl (C=O) groups excluding carboxylic acids is 1. The number of aryl methyl sites for hydroxylation is 1. The van der Waals surface area contributed by atoms with Crippen LogP contribution in [0.2, 0.25) is 0 Å². The Hall–Kier alpha value is -0.600. The zero-order valence-corrected chi connectivity index (χ0v) is 17.5. The van der Waals surface area contributed by atoms with Crippen molar-refractivity contribution in [3.05, 3.63) is 21.9 Å². The third kappa shape index (κ3) is 8.96. The van der Waals surface area contributed by atoms with Gasteiger partial charge in [0.2, 0.25) is 0 Å². The van der Waals surface area contributed by atoms with Crippen molar-refractivity contribution in [1.82, 2.24) is 0 Å². The van der Waals surface area contributed by atoms with Gasteiger partial charge in [-0.25, -0.2) is 4.57 Å². The molecule has 1 unspecified atom stereocenters. The number of hydrogen-bond acceptors (Lipinski definition) is 6. The van der Waals surface area contributed by atoms with Gasteiger partial charge in [0.05, 0.1) is 24.2 Å². The molecule has 0 aliphatic heterocycles. The molecule has 0 saturated heterocycles. The van der Waals surface area contributed by atoms with Crippen molar-refractivity contribution in [2.75, 3.05) is 13.2 Å². The molecule has 0 spiro atoms. The number of carbonyl (C=O) groups is 1. The Kier molecular flexibility index (Phi) is 8.62. The number of nitrogens with two attached hydrogens (primary N) is 1. The summed E-state index contributed by atoms with van der Waals surface area (Å²) < 4.78 is 21.1. The number of ketones is 1. The molecule has 1 fully saturated rings. The highest BCUT2D eigenvalue weighted by Gasteiger charge is 2.25. The summed E-state index contributed by atoms with van der Waals surface area (Å²) in [6.07, 6.45) is 7.72. The normalized spacial score (nSPS) is 18.4. The monoisotopic (exact) mass is 419 g/mol. The first-order valence-electron chi connectivity index (χ1n) is 9.37. The number of phosphoric ester groups is 1. The lowest BCUT2D eigenvalue weighted by molar-refractivity contribution is 0.0273. The van der Waals surface area contributed by atoms with Gasteiger partial charge < -0.3 is 20.3 Å². The quantitative estimate of drug-likeness (QED) is 0.371. The highest BCUT2D eigenvalue weighted by Crippen LogP contribution is 2.37. The molecule has 4 N–H and O–H groups in total. The second-order valence-electron chi connectivity index (χ2n) is 7.49. The summed E-state index contributed by atoms with van der Waals surface area (Å²) in [5.74, 6) is 0.0856. The lowest BCUT2D eigenvalue weighted by Crippen LogP contribution is -2.41. The molecule has 0 radical (unpaired) electrons. The summed E-state index contributed by atoms with van der Waals surface area (Å²) in [5.41, 5.74) is 5.17. The highest BCUT2D eigenvalue weighted by atomic mass is 32.1. The zero-order chi connectivity index (χ0) is 19.9. The predicted octanol–water partition coefficient (Wildman–Crippen LogP) is 3.43. The predicted molar refractivity (Wildman–Crippen MR) is 105 cm³/mol. The van der Waals surface area contributed by atoms with Crippen molar-refractivity contribution < 1.29 is 28.4 Å². The van der Waals surface area contributed by atoms with Gasteiger partial charge in [-0.15, -0.1) is 11.3 Å². The van der Waals surface area contributed by atoms with E-state index < -0.39 is 13.4 Å². The molecule has 1 aliphatic carbocycles. The summed E-state index contributed by atoms with van der Waals surface area (Å²) in [6, 6.07) is 3.72. The minimum absolute atomic E-state index is 0.0856. The second-order valence-corrected chi connectivity index (χ2v) is 9.90. The fraction of sp³-hybridized carbons (Fsp3) is 0.722. The summed E-state index contributed by atoms with van der Waals surface area (Å²) in [4.78, 5) is 31.6. The van der Waals surface area contributed by atoms with E-state index in [9.17, 15) is 9.36 Å². The number of rotatable bonds is 11. The van der Waals surface area contributed by atoms with Gasteiger partial charge in [-0.1, -0.05) is 19.3 Å². The van der Waals surface area contributed by atoms with E-state index in [2.05, 4.69) is 4.52 Å². The standard InChI is InChI=1S/C18H30NO6PS/c1-18(19,13-25-26(21,22)23)11-9-15-7-8-17(27-15)16(20)10-12-24-14-5-3-2-4-6-14/h7-8,14H,2-6,9-13,19H2,1H3,(H2,21,22,23). The topological polar surface area (TPSA) is 119 Å². The number of ether oxygens (including phenoxy) is 1. The van der Waals surface area contributed by atoms with Crippen molar-refractivity contribution in [3.8, 4) is 0 Å². The molecular formula is C18H30NO6PS. The van der Waals surface area contributed by atoms with E-state index in [0.717, 1.165) is 17.7 Å². The van der Waals surface area contributed by atoms with Crippen LogP contribution in [0.1, 0.15) is 66.4 Å². The Morgan fingerprint density at radius 3 is 2.70 bits per heavy atom. The third-order valence-electron chi connectivity index (χ3n) is 4.68. The molecule has 1 saturated carbocycles. The molecule has 1 aromatic rings. The van der Waals surface area contributed by atoms with Crippen molar-refractivity contribution in [1.29, 1.82) is 0 Å². The lowest BCUT2D eigenvalue weighted by atomic mass is 9.98. The van der Waals surface area contributed by atoms with Crippen LogP contribution in [0.5, 0.6) is 0 Å². The van der Waals surface area contributed by atoms with Gasteiger partial charge in [-0.2, -0.15) is 0 Å². The fourth-order valence-electron chi connectivity index (χ4n) is 3.05. The van der Waals surface area contributed by atoms with Crippen LogP contribution in [0, 0.1) is 0 Å². The van der Waals surface area contributed by atoms with Crippen molar-refractivity contribution >= 4 is 24.9 Å². The Labute approximate surface area is 164 Å². The SMILES string of the molecule is CC(N)(CCc1ccc(C(=O)CCOC2CCCCC2)s1)COP(=O)(O)O. The maximum atomic E-state index is 12.3. The second kappa shape index (κ2) is 10.3. The molecule has 7 nitrogen and oxygen atoms in total. The van der Waals surface area contributed by atoms with Crippen molar-refractivity contribution in [2.45, 2.75) is 69.9 Å². The van der Waals surface area contributed by atoms with Crippen LogP contribution in [-0.2, 0) is 20.2 Å². The van der Waals surface area contributed by atoms with Crippen LogP contribution < -0.4 is 5.73 Å². The molecular weight excluding hydrogens is 389 g/mol.